The molecule has 0 aromatic heterocycles. The van der Waals surface area contributed by atoms with Crippen molar-refractivity contribution in [1.82, 2.24) is 9.73 Å². The van der Waals surface area contributed by atoms with E-state index in [1.165, 1.54) is 34.8 Å². The van der Waals surface area contributed by atoms with Gasteiger partial charge in [0.2, 0.25) is 10.0 Å². The zero-order valence-corrected chi connectivity index (χ0v) is 19.7. The molecule has 2 aromatic rings. The summed E-state index contributed by atoms with van der Waals surface area (Å²) < 4.78 is 33.3. The van der Waals surface area contributed by atoms with E-state index in [4.69, 9.17) is 16.3 Å². The van der Waals surface area contributed by atoms with E-state index >= 15 is 0 Å². The summed E-state index contributed by atoms with van der Waals surface area (Å²) in [5, 5.41) is 4.42. The van der Waals surface area contributed by atoms with Gasteiger partial charge in [-0.3, -0.25) is 4.79 Å². The number of carbonyl (C=O) groups is 1. The Morgan fingerprint density at radius 1 is 1.32 bits per heavy atom. The van der Waals surface area contributed by atoms with Gasteiger partial charge in [-0.2, -0.15) is 9.41 Å². The molecule has 1 aliphatic heterocycles. The number of nitrogens with zero attached hydrogens (tertiary/aromatic N) is 2. The highest BCUT2D eigenvalue weighted by Gasteiger charge is 2.39. The first-order chi connectivity index (χ1) is 14.8. The number of hydrogen-bond acceptors (Lipinski definition) is 5. The third-order valence-corrected chi connectivity index (χ3v) is 7.42. The van der Waals surface area contributed by atoms with Crippen LogP contribution in [0, 0.1) is 0 Å². The van der Waals surface area contributed by atoms with E-state index in [0.717, 1.165) is 10.0 Å². The van der Waals surface area contributed by atoms with Crippen molar-refractivity contribution in [3.8, 4) is 5.75 Å². The number of halogens is 2. The third kappa shape index (κ3) is 5.74. The van der Waals surface area contributed by atoms with Gasteiger partial charge in [0.1, 0.15) is 18.4 Å². The van der Waals surface area contributed by atoms with Gasteiger partial charge in [0.15, 0.2) is 0 Å². The van der Waals surface area contributed by atoms with Gasteiger partial charge in [-0.15, -0.1) is 0 Å². The van der Waals surface area contributed by atoms with Crippen LogP contribution in [0.4, 0.5) is 0 Å². The molecule has 1 saturated heterocycles. The van der Waals surface area contributed by atoms with Gasteiger partial charge >= 0.3 is 0 Å². The van der Waals surface area contributed by atoms with Crippen LogP contribution in [0.15, 0.2) is 69.6 Å². The van der Waals surface area contributed by atoms with Gasteiger partial charge in [-0.25, -0.2) is 13.8 Å². The summed E-state index contributed by atoms with van der Waals surface area (Å²) >= 11 is 9.27. The lowest BCUT2D eigenvalue weighted by Gasteiger charge is -2.22. The standard InChI is InChI=1S/C21H21BrClN3O4S/c1-2-12-30-20-10-5-15(13-18(20)22)14-24-25-21(27)19-4-3-11-26(19)31(28,29)17-8-6-16(23)7-9-17/h2,5-10,13-14,19H,1,3-4,11-12H2,(H,25,27)/b24-14+. The van der Waals surface area contributed by atoms with E-state index in [2.05, 4.69) is 33.0 Å². The molecule has 164 valence electrons. The molecule has 10 heteroatoms. The molecule has 0 aliphatic carbocycles. The van der Waals surface area contributed by atoms with Crippen LogP contribution in [-0.2, 0) is 14.8 Å². The topological polar surface area (TPSA) is 88.1 Å². The second-order valence-electron chi connectivity index (χ2n) is 6.75. The molecule has 1 amide bonds. The van der Waals surface area contributed by atoms with Crippen LogP contribution in [0.25, 0.3) is 0 Å². The van der Waals surface area contributed by atoms with Crippen LogP contribution in [0.3, 0.4) is 0 Å². The van der Waals surface area contributed by atoms with Crippen molar-refractivity contribution in [2.75, 3.05) is 13.2 Å². The number of ether oxygens (including phenoxy) is 1. The maximum Gasteiger partial charge on any atom is 0.258 e. The van der Waals surface area contributed by atoms with E-state index in [9.17, 15) is 13.2 Å². The quantitative estimate of drug-likeness (QED) is 0.320. The first-order valence-corrected chi connectivity index (χ1v) is 12.1. The van der Waals surface area contributed by atoms with Crippen LogP contribution >= 0.6 is 27.5 Å². The molecule has 1 aliphatic rings. The Labute approximate surface area is 194 Å². The van der Waals surface area contributed by atoms with Gasteiger partial charge in [0.05, 0.1) is 15.6 Å². The molecule has 3 rings (SSSR count). The third-order valence-electron chi connectivity index (χ3n) is 4.63. The molecule has 2 aromatic carbocycles. The molecular weight excluding hydrogens is 506 g/mol. The molecule has 1 fully saturated rings. The largest absolute Gasteiger partial charge is 0.488 e. The highest BCUT2D eigenvalue weighted by molar-refractivity contribution is 9.10. The Kier molecular flexibility index (Phi) is 7.88. The molecule has 1 unspecified atom stereocenters. The lowest BCUT2D eigenvalue weighted by Crippen LogP contribution is -2.44. The Morgan fingerprint density at radius 2 is 2.06 bits per heavy atom. The number of rotatable bonds is 8. The molecule has 0 radical (unpaired) electrons. The lowest BCUT2D eigenvalue weighted by atomic mass is 10.2. The summed E-state index contributed by atoms with van der Waals surface area (Å²) in [5.74, 6) is 0.186. The Balaban J connectivity index is 1.66. The van der Waals surface area contributed by atoms with E-state index in [-0.39, 0.29) is 11.4 Å². The van der Waals surface area contributed by atoms with Crippen LogP contribution in [0.5, 0.6) is 5.75 Å². The van der Waals surface area contributed by atoms with Crippen LogP contribution < -0.4 is 10.2 Å². The number of sulfonamides is 1. The number of hydrogen-bond donors (Lipinski definition) is 1. The Bertz CT molecular complexity index is 1090. The average Bonchev–Trinajstić information content (AvgIpc) is 3.24. The van der Waals surface area contributed by atoms with Crippen molar-refractivity contribution in [1.29, 1.82) is 0 Å². The fourth-order valence-electron chi connectivity index (χ4n) is 3.14. The minimum Gasteiger partial charge on any atom is -0.488 e. The second kappa shape index (κ2) is 10.4. The van der Waals surface area contributed by atoms with Gasteiger partial charge in [-0.1, -0.05) is 24.3 Å². The first kappa shape index (κ1) is 23.5. The van der Waals surface area contributed by atoms with Gasteiger partial charge < -0.3 is 4.74 Å². The monoisotopic (exact) mass is 525 g/mol. The highest BCUT2D eigenvalue weighted by Crippen LogP contribution is 2.27. The van der Waals surface area contributed by atoms with Crippen molar-refractivity contribution in [2.45, 2.75) is 23.8 Å². The van der Waals surface area contributed by atoms with Crippen molar-refractivity contribution < 1.29 is 17.9 Å². The van der Waals surface area contributed by atoms with Crippen LogP contribution in [0.2, 0.25) is 5.02 Å². The molecule has 7 nitrogen and oxygen atoms in total. The fraction of sp³-hybridized carbons (Fsp3) is 0.238. The Morgan fingerprint density at radius 3 is 2.74 bits per heavy atom. The normalized spacial score (nSPS) is 17.0. The molecule has 1 heterocycles. The number of carbonyl (C=O) groups excluding carboxylic acids is 1. The lowest BCUT2D eigenvalue weighted by molar-refractivity contribution is -0.124. The zero-order chi connectivity index (χ0) is 22.4. The van der Waals surface area contributed by atoms with Crippen LogP contribution in [0.1, 0.15) is 18.4 Å². The van der Waals surface area contributed by atoms with Crippen molar-refractivity contribution in [3.63, 3.8) is 0 Å². The summed E-state index contributed by atoms with van der Waals surface area (Å²) in [4.78, 5) is 12.7. The summed E-state index contributed by atoms with van der Waals surface area (Å²) in [6.45, 7) is 4.26. The maximum absolute atomic E-state index is 12.9. The molecule has 31 heavy (non-hydrogen) atoms. The van der Waals surface area contributed by atoms with Crippen molar-refractivity contribution in [2.24, 2.45) is 5.10 Å². The molecule has 0 spiro atoms. The van der Waals surface area contributed by atoms with E-state index in [1.807, 2.05) is 0 Å². The van der Waals surface area contributed by atoms with E-state index in [1.54, 1.807) is 24.3 Å². The fourth-order valence-corrected chi connectivity index (χ4v) is 5.43. The maximum atomic E-state index is 12.9. The number of nitrogens with one attached hydrogen (secondary N) is 1. The summed E-state index contributed by atoms with van der Waals surface area (Å²) in [6.07, 6.45) is 4.15. The Hall–Kier alpha value is -2.20. The average molecular weight is 527 g/mol. The number of benzene rings is 2. The van der Waals surface area contributed by atoms with Crippen LogP contribution in [-0.4, -0.2) is 44.0 Å². The summed E-state index contributed by atoms with van der Waals surface area (Å²) in [5.41, 5.74) is 3.18. The first-order valence-electron chi connectivity index (χ1n) is 9.46. The van der Waals surface area contributed by atoms with E-state index in [0.29, 0.717) is 30.2 Å². The summed E-state index contributed by atoms with van der Waals surface area (Å²) in [7, 11) is -3.81. The molecular formula is C21H21BrClN3O4S. The highest BCUT2D eigenvalue weighted by atomic mass is 79.9. The van der Waals surface area contributed by atoms with Gasteiger partial charge in [0, 0.05) is 11.6 Å². The summed E-state index contributed by atoms with van der Waals surface area (Å²) in [6, 6.07) is 10.4. The molecule has 1 atom stereocenters. The van der Waals surface area contributed by atoms with Crippen molar-refractivity contribution in [3.05, 3.63) is 70.2 Å². The molecule has 0 bridgehead atoms. The SMILES string of the molecule is C=CCOc1ccc(/C=N/NC(=O)C2CCCN2S(=O)(=O)c2ccc(Cl)cc2)cc1Br. The van der Waals surface area contributed by atoms with Gasteiger partial charge in [0.25, 0.3) is 5.91 Å². The smallest absolute Gasteiger partial charge is 0.258 e. The zero-order valence-electron chi connectivity index (χ0n) is 16.5. The minimum atomic E-state index is -3.81. The number of amides is 1. The van der Waals surface area contributed by atoms with Crippen molar-refractivity contribution >= 4 is 49.7 Å². The predicted molar refractivity (Wildman–Crippen MR) is 124 cm³/mol. The molecule has 1 N–H and O–H groups in total. The number of hydrazone groups is 1. The van der Waals surface area contributed by atoms with E-state index < -0.39 is 22.0 Å². The second-order valence-corrected chi connectivity index (χ2v) is 9.93. The molecule has 0 saturated carbocycles. The minimum absolute atomic E-state index is 0.101. The van der Waals surface area contributed by atoms with Gasteiger partial charge in [-0.05, 0) is 76.8 Å². The predicted octanol–water partition coefficient (Wildman–Crippen LogP) is 3.97.